The van der Waals surface area contributed by atoms with E-state index in [-0.39, 0.29) is 24.4 Å². The molecule has 1 aliphatic carbocycles. The molecule has 1 aliphatic heterocycles. The average Bonchev–Trinajstić information content (AvgIpc) is 3.05. The van der Waals surface area contributed by atoms with Gasteiger partial charge in [-0.15, -0.1) is 0 Å². The van der Waals surface area contributed by atoms with Crippen molar-refractivity contribution in [3.05, 3.63) is 47.5 Å². The molecule has 1 fully saturated rings. The number of nitrogens with zero attached hydrogens (tertiary/aromatic N) is 3. The van der Waals surface area contributed by atoms with Crippen LogP contribution in [0.25, 0.3) is 0 Å². The lowest BCUT2D eigenvalue weighted by molar-refractivity contribution is 0.0395. The SMILES string of the molecule is CC1(F)CCC(N2CCn3nc(COc4cccc(F)c4)cc3C2=O)CC1. The van der Waals surface area contributed by atoms with Crippen molar-refractivity contribution in [2.75, 3.05) is 6.54 Å². The molecule has 27 heavy (non-hydrogen) atoms. The molecule has 2 aromatic rings. The first-order valence-corrected chi connectivity index (χ1v) is 9.36. The normalized spacial score (nSPS) is 25.4. The Labute approximate surface area is 156 Å². The zero-order chi connectivity index (χ0) is 19.0. The second-order valence-corrected chi connectivity index (χ2v) is 7.63. The summed E-state index contributed by atoms with van der Waals surface area (Å²) in [4.78, 5) is 14.8. The summed E-state index contributed by atoms with van der Waals surface area (Å²) >= 11 is 0. The van der Waals surface area contributed by atoms with Gasteiger partial charge in [0.25, 0.3) is 5.91 Å². The van der Waals surface area contributed by atoms with Gasteiger partial charge in [-0.2, -0.15) is 5.10 Å². The van der Waals surface area contributed by atoms with Crippen LogP contribution in [0.15, 0.2) is 30.3 Å². The first kappa shape index (κ1) is 17.9. The maximum Gasteiger partial charge on any atom is 0.272 e. The minimum Gasteiger partial charge on any atom is -0.487 e. The molecule has 1 amide bonds. The van der Waals surface area contributed by atoms with E-state index in [4.69, 9.17) is 4.74 Å². The monoisotopic (exact) mass is 375 g/mol. The van der Waals surface area contributed by atoms with Crippen LogP contribution in [-0.4, -0.2) is 38.8 Å². The lowest BCUT2D eigenvalue weighted by Gasteiger charge is -2.40. The molecule has 1 saturated carbocycles. The Balaban J connectivity index is 1.43. The number of benzene rings is 1. The Hall–Kier alpha value is -2.44. The van der Waals surface area contributed by atoms with Gasteiger partial charge in [-0.3, -0.25) is 9.48 Å². The van der Waals surface area contributed by atoms with Crippen molar-refractivity contribution >= 4 is 5.91 Å². The predicted octanol–water partition coefficient (Wildman–Crippen LogP) is 3.73. The van der Waals surface area contributed by atoms with Crippen LogP contribution in [0.4, 0.5) is 8.78 Å². The third kappa shape index (κ3) is 3.82. The highest BCUT2D eigenvalue weighted by molar-refractivity contribution is 5.93. The van der Waals surface area contributed by atoms with Crippen LogP contribution in [0.2, 0.25) is 0 Å². The van der Waals surface area contributed by atoms with Crippen molar-refractivity contribution in [1.82, 2.24) is 14.7 Å². The van der Waals surface area contributed by atoms with Gasteiger partial charge in [-0.05, 0) is 50.8 Å². The van der Waals surface area contributed by atoms with E-state index in [0.29, 0.717) is 55.9 Å². The number of hydrogen-bond donors (Lipinski definition) is 0. The fraction of sp³-hybridized carbons (Fsp3) is 0.500. The van der Waals surface area contributed by atoms with E-state index in [1.165, 1.54) is 12.1 Å². The second-order valence-electron chi connectivity index (χ2n) is 7.63. The number of fused-ring (bicyclic) bond motifs is 1. The van der Waals surface area contributed by atoms with Crippen LogP contribution >= 0.6 is 0 Å². The molecule has 5 nitrogen and oxygen atoms in total. The topological polar surface area (TPSA) is 47.4 Å². The number of carbonyl (C=O) groups is 1. The molecule has 144 valence electrons. The van der Waals surface area contributed by atoms with Gasteiger partial charge < -0.3 is 9.64 Å². The zero-order valence-corrected chi connectivity index (χ0v) is 15.3. The third-order valence-corrected chi connectivity index (χ3v) is 5.48. The van der Waals surface area contributed by atoms with Gasteiger partial charge in [0.15, 0.2) is 0 Å². The van der Waals surface area contributed by atoms with Gasteiger partial charge in [0.1, 0.15) is 35.2 Å². The molecule has 1 aromatic carbocycles. The molecule has 0 unspecified atom stereocenters. The highest BCUT2D eigenvalue weighted by Crippen LogP contribution is 2.34. The van der Waals surface area contributed by atoms with Crippen LogP contribution in [0, 0.1) is 5.82 Å². The van der Waals surface area contributed by atoms with E-state index in [1.54, 1.807) is 29.8 Å². The van der Waals surface area contributed by atoms with Crippen LogP contribution in [0.5, 0.6) is 5.75 Å². The first-order valence-electron chi connectivity index (χ1n) is 9.36. The minimum atomic E-state index is -1.11. The Bertz CT molecular complexity index is 840. The average molecular weight is 375 g/mol. The number of aromatic nitrogens is 2. The molecule has 0 bridgehead atoms. The van der Waals surface area contributed by atoms with E-state index >= 15 is 0 Å². The molecule has 1 aromatic heterocycles. The van der Waals surface area contributed by atoms with Gasteiger partial charge >= 0.3 is 0 Å². The third-order valence-electron chi connectivity index (χ3n) is 5.48. The fourth-order valence-corrected chi connectivity index (χ4v) is 3.91. The van der Waals surface area contributed by atoms with Crippen molar-refractivity contribution in [2.24, 2.45) is 0 Å². The van der Waals surface area contributed by atoms with Crippen molar-refractivity contribution in [2.45, 2.75) is 57.5 Å². The summed E-state index contributed by atoms with van der Waals surface area (Å²) in [7, 11) is 0. The number of hydrogen-bond acceptors (Lipinski definition) is 3. The number of alkyl halides is 1. The Morgan fingerprint density at radius 1 is 1.26 bits per heavy atom. The number of ether oxygens (including phenoxy) is 1. The van der Waals surface area contributed by atoms with E-state index in [9.17, 15) is 13.6 Å². The van der Waals surface area contributed by atoms with Gasteiger partial charge in [-0.25, -0.2) is 8.78 Å². The van der Waals surface area contributed by atoms with E-state index < -0.39 is 5.67 Å². The lowest BCUT2D eigenvalue weighted by atomic mass is 9.84. The summed E-state index contributed by atoms with van der Waals surface area (Å²) in [5, 5.41) is 4.43. The molecular formula is C20H23F2N3O2. The molecule has 7 heteroatoms. The molecule has 0 radical (unpaired) electrons. The number of carbonyl (C=O) groups excluding carboxylic acids is 1. The molecular weight excluding hydrogens is 352 g/mol. The second kappa shape index (κ2) is 6.94. The summed E-state index contributed by atoms with van der Waals surface area (Å²) in [5.74, 6) is 0.00272. The van der Waals surface area contributed by atoms with Crippen LogP contribution in [0.3, 0.4) is 0 Å². The van der Waals surface area contributed by atoms with Crippen molar-refractivity contribution in [3.63, 3.8) is 0 Å². The molecule has 2 aliphatic rings. The van der Waals surface area contributed by atoms with Gasteiger partial charge in [-0.1, -0.05) is 6.07 Å². The Morgan fingerprint density at radius 3 is 2.78 bits per heavy atom. The van der Waals surface area contributed by atoms with E-state index in [1.807, 2.05) is 4.90 Å². The van der Waals surface area contributed by atoms with Crippen LogP contribution in [-0.2, 0) is 13.2 Å². The van der Waals surface area contributed by atoms with E-state index in [0.717, 1.165) is 0 Å². The van der Waals surface area contributed by atoms with Crippen molar-refractivity contribution in [3.8, 4) is 5.75 Å². The standard InChI is InChI=1S/C20H23F2N3O2/c1-20(22)7-5-16(6-8-20)24-9-10-25-18(19(24)26)12-15(23-25)13-27-17-4-2-3-14(21)11-17/h2-4,11-12,16H,5-10,13H2,1H3. The highest BCUT2D eigenvalue weighted by atomic mass is 19.1. The summed E-state index contributed by atoms with van der Waals surface area (Å²) in [6.07, 6.45) is 2.38. The Kier molecular flexibility index (Phi) is 4.61. The molecule has 2 heterocycles. The Morgan fingerprint density at radius 2 is 2.04 bits per heavy atom. The van der Waals surface area contributed by atoms with Gasteiger partial charge in [0.2, 0.25) is 0 Å². The molecule has 0 saturated heterocycles. The molecule has 0 spiro atoms. The predicted molar refractivity (Wildman–Crippen MR) is 95.8 cm³/mol. The summed E-state index contributed by atoms with van der Waals surface area (Å²) < 4.78 is 34.5. The molecule has 4 rings (SSSR count). The van der Waals surface area contributed by atoms with Crippen molar-refractivity contribution < 1.29 is 18.3 Å². The smallest absolute Gasteiger partial charge is 0.272 e. The van der Waals surface area contributed by atoms with Crippen LogP contribution < -0.4 is 4.74 Å². The van der Waals surface area contributed by atoms with Gasteiger partial charge in [0.05, 0.1) is 6.54 Å². The molecule has 0 atom stereocenters. The summed E-state index contributed by atoms with van der Waals surface area (Å²) in [6, 6.07) is 7.74. The summed E-state index contributed by atoms with van der Waals surface area (Å²) in [6.45, 7) is 3.01. The van der Waals surface area contributed by atoms with E-state index in [2.05, 4.69) is 5.10 Å². The fourth-order valence-electron chi connectivity index (χ4n) is 3.91. The first-order chi connectivity index (χ1) is 12.9. The summed E-state index contributed by atoms with van der Waals surface area (Å²) in [5.41, 5.74) is 0.0514. The lowest BCUT2D eigenvalue weighted by Crippen LogP contribution is -2.49. The maximum atomic E-state index is 14.0. The van der Waals surface area contributed by atoms with Gasteiger partial charge in [0, 0.05) is 18.7 Å². The number of amides is 1. The van der Waals surface area contributed by atoms with Crippen LogP contribution in [0.1, 0.15) is 48.8 Å². The highest BCUT2D eigenvalue weighted by Gasteiger charge is 2.37. The zero-order valence-electron chi connectivity index (χ0n) is 15.3. The largest absolute Gasteiger partial charge is 0.487 e. The molecule has 0 N–H and O–H groups in total. The number of rotatable bonds is 4. The van der Waals surface area contributed by atoms with Crippen molar-refractivity contribution in [1.29, 1.82) is 0 Å². The number of halogens is 2. The maximum absolute atomic E-state index is 14.0. The minimum absolute atomic E-state index is 0.0572. The quantitative estimate of drug-likeness (QED) is 0.818.